The molecule has 0 aliphatic heterocycles. The minimum absolute atomic E-state index is 0.00628. The van der Waals surface area contributed by atoms with Gasteiger partial charge in [0.05, 0.1) is 18.6 Å². The Kier molecular flexibility index (Phi) is 56.8. The average molecular weight is 1940 g/mol. The van der Waals surface area contributed by atoms with Crippen molar-refractivity contribution in [3.63, 3.8) is 0 Å². The second-order valence-corrected chi connectivity index (χ2v) is 36.4. The predicted molar refractivity (Wildman–Crippen MR) is 497 cm³/mol. The van der Waals surface area contributed by atoms with E-state index >= 15 is 0 Å². The minimum atomic E-state index is -1.66. The van der Waals surface area contributed by atoms with Crippen molar-refractivity contribution in [2.45, 2.75) is 306 Å². The highest BCUT2D eigenvalue weighted by Gasteiger charge is 2.38. The number of thiol groups is 1. The van der Waals surface area contributed by atoms with Crippen molar-refractivity contribution in [3.05, 3.63) is 41.8 Å². The van der Waals surface area contributed by atoms with Gasteiger partial charge >= 0.3 is 11.9 Å². The summed E-state index contributed by atoms with van der Waals surface area (Å²) in [4.78, 5) is 258. The van der Waals surface area contributed by atoms with Crippen LogP contribution in [-0.2, 0) is 92.7 Å². The van der Waals surface area contributed by atoms with Gasteiger partial charge < -0.3 is 134 Å². The third kappa shape index (κ3) is 46.4. The number of hydrogen-bond donors (Lipinski definition) is 27. The third-order valence-corrected chi connectivity index (χ3v) is 23.2. The smallest absolute Gasteiger partial charge is 0.327 e. The van der Waals surface area contributed by atoms with Crippen molar-refractivity contribution in [1.82, 2.24) is 105 Å². The molecule has 50 heteroatoms. The number of likely N-dealkylation sites (N-methyl/N-ethyl adjacent to an activating group) is 1. The van der Waals surface area contributed by atoms with Crippen LogP contribution < -0.4 is 119 Å². The molecule has 30 N–H and O–H groups in total. The van der Waals surface area contributed by atoms with Crippen LogP contribution in [-0.4, -0.2) is 284 Å². The number of nitrogens with zero attached hydrogens (tertiary/aromatic N) is 2. The van der Waals surface area contributed by atoms with Crippen LogP contribution in [0.3, 0.4) is 0 Å². The summed E-state index contributed by atoms with van der Waals surface area (Å²) in [5.74, 6) is -17.7. The zero-order valence-corrected chi connectivity index (χ0v) is 80.5. The number of aromatic amines is 1. The summed E-state index contributed by atoms with van der Waals surface area (Å²) in [6, 6.07) is -20.0. The lowest BCUT2D eigenvalue weighted by atomic mass is 10.0. The Bertz CT molecular complexity index is 4070. The normalized spacial score (nSPS) is 15.4. The maximum Gasteiger partial charge on any atom is 0.327 e. The van der Waals surface area contributed by atoms with Gasteiger partial charge in [0.2, 0.25) is 94.5 Å². The second-order valence-electron chi connectivity index (χ2n) is 33.7. The molecular formula is C83H143N25O22S3. The molecule has 0 aliphatic rings. The van der Waals surface area contributed by atoms with Crippen LogP contribution in [0.1, 0.15) is 198 Å². The molecule has 0 spiro atoms. The van der Waals surface area contributed by atoms with Gasteiger partial charge in [0.1, 0.15) is 102 Å². The number of carboxylic acids is 2. The fraction of sp³-hybridized carbons (Fsp3) is 0.687. The fourth-order valence-electron chi connectivity index (χ4n) is 12.9. The predicted octanol–water partition coefficient (Wildman–Crippen LogP) is -4.81. The summed E-state index contributed by atoms with van der Waals surface area (Å²) in [6.07, 6.45) is 6.81. The molecule has 0 saturated heterocycles. The number of unbranched alkanes of at least 4 members (excludes halogenated alkanes) is 4. The van der Waals surface area contributed by atoms with E-state index in [9.17, 15) is 102 Å². The Morgan fingerprint density at radius 3 is 0.992 bits per heavy atom. The monoisotopic (exact) mass is 1940 g/mol. The Morgan fingerprint density at radius 1 is 0.391 bits per heavy atom. The Balaban J connectivity index is 2.23. The topological polar surface area (TPSA) is 746 Å². The van der Waals surface area contributed by atoms with E-state index in [0.29, 0.717) is 68.6 Å². The summed E-state index contributed by atoms with van der Waals surface area (Å²) in [7, 11) is 3.59. The Hall–Kier alpha value is -10.5. The van der Waals surface area contributed by atoms with Gasteiger partial charge in [-0.25, -0.2) is 20.0 Å². The van der Waals surface area contributed by atoms with Gasteiger partial charge in [-0.05, 0) is 206 Å². The van der Waals surface area contributed by atoms with Crippen molar-refractivity contribution in [2.24, 2.45) is 40.7 Å². The number of aromatic nitrogens is 3. The molecule has 0 bridgehead atoms. The van der Waals surface area contributed by atoms with Gasteiger partial charge in [-0.15, -0.1) is 0 Å². The van der Waals surface area contributed by atoms with Crippen molar-refractivity contribution < 1.29 is 107 Å². The lowest BCUT2D eigenvalue weighted by Crippen LogP contribution is -2.99. The van der Waals surface area contributed by atoms with E-state index in [0.717, 1.165) is 27.8 Å². The van der Waals surface area contributed by atoms with Crippen molar-refractivity contribution in [1.29, 1.82) is 0 Å². The van der Waals surface area contributed by atoms with Crippen LogP contribution in [0, 0.1) is 23.0 Å². The molecule has 2 aromatic heterocycles. The number of nitrogens with one attached hydrogen (secondary N) is 19. The number of aliphatic carboxylic acids is 2. The van der Waals surface area contributed by atoms with Gasteiger partial charge in [-0.2, -0.15) is 17.9 Å². The second kappa shape index (κ2) is 63.7. The van der Waals surface area contributed by atoms with Crippen molar-refractivity contribution >= 4 is 146 Å². The van der Waals surface area contributed by atoms with Crippen LogP contribution in [0.25, 0.3) is 0 Å². The molecule has 18 atom stereocenters. The van der Waals surface area contributed by atoms with Crippen LogP contribution in [0.2, 0.25) is 0 Å². The number of quaternary nitrogens is 1. The highest BCUT2D eigenvalue weighted by Crippen LogP contribution is 2.30. The number of carboxylic acid groups (broad SMARTS) is 2. The van der Waals surface area contributed by atoms with E-state index < -0.39 is 233 Å². The molecule has 0 radical (unpaired) electrons. The number of hydrogen-bond acceptors (Lipinski definition) is 30. The zero-order valence-electron chi connectivity index (χ0n) is 78.0. The summed E-state index contributed by atoms with van der Waals surface area (Å²) < 4.78 is 0. The molecule has 0 aliphatic carbocycles. The largest absolute Gasteiger partial charge is 0.595 e. The molecule has 2 unspecified atom stereocenters. The van der Waals surface area contributed by atoms with E-state index in [-0.39, 0.29) is 100 Å². The molecule has 2 aromatic rings. The van der Waals surface area contributed by atoms with Crippen LogP contribution in [0.4, 0.5) is 5.69 Å². The molecule has 0 aromatic carbocycles. The van der Waals surface area contributed by atoms with Crippen LogP contribution in [0.15, 0.2) is 35.9 Å². The van der Waals surface area contributed by atoms with E-state index in [1.807, 2.05) is 13.8 Å². The number of pyridine rings is 1. The number of amides is 16. The highest BCUT2D eigenvalue weighted by molar-refractivity contribution is 8.76. The quantitative estimate of drug-likeness (QED) is 0.0128. The van der Waals surface area contributed by atoms with E-state index in [2.05, 4.69) is 118 Å². The number of imidazole rings is 1. The minimum Gasteiger partial charge on any atom is -0.595 e. The SMILES string of the molecule is CN[C@@H](CCCCN)C(=O)N[C@@H](Cc1cnc[nH]1)C(=O)NC(CC(C)C)C(=O)N[C@@H](C)C(=O)N[C@@H](CCCCN)C(=O)N[C@@H](C)C(=O)N[C@@H](CC(C)C)C(=O)N[C@@H](C)C(=O)N[C@@H](CCCCN)C(=O)N[C@@H](C)C(=O)N[C@@H](CC(C)C)C(=O)N[C@@H](CCCCN)C(=O)N[C@@H](C)C(=O)N[C@@H](CS)C(=O)N[C@@H](CCC(=O)O)C(=O)N[C@@H](C)C(=O)N[C@@H](CSSc1ccc([NH+]([O-])O)cn1)C(=O)O. The summed E-state index contributed by atoms with van der Waals surface area (Å²) in [5.41, 5.74) is 23.5. The van der Waals surface area contributed by atoms with E-state index in [1.165, 1.54) is 66.2 Å². The molecule has 47 nitrogen and oxygen atoms in total. The highest BCUT2D eigenvalue weighted by atomic mass is 33.1. The standard InChI is InChI=1S/C83H143N25O22S3/c1-43(2)34-59(102-69(113)48(9)92-74(118)55(23-15-19-31-85)99-68(112)47(8)97-79(123)60(35-44(3)4)104-81(125)62(37-52-38-89-42-91-52)105-73(117)54(88-13)22-14-18-30-84)78(122)96-46(7)67(111)98-56(24-16-20-32-86)75(119)93-49(10)70(114)103-61(36-45(5)6)80(124)100-57(25-17-21-33-87)76(120)94-50(11)71(115)106-63(40-131)82(126)101-58(27-29-66(109)110)77(121)95-51(12)72(116)107-64(83(127)128)41-132-133-65-28-26-53(39-90-65)108(129)130/h26,28,38-39,42-51,54-64,88,108,129,131H,14-25,27,29-37,40-41,84-87H2,1-13H3,(H,89,91)(H,92,118)(H,93,119)(H,94,120)(H,95,121)(H,96,122)(H,97,123)(H,98,111)(H,99,112)(H,100,124)(H,101,126)(H,102,113)(H,103,114)(H,104,125)(H,105,117)(H,106,115)(H,107,116)(H,109,110)(H,127,128)/t46-,47-,48-,49-,50-,51-,54-,55-,56-,57-,58-,59-,60?,61-,62-,63-,64-/m0/s1. The maximum absolute atomic E-state index is 14.3. The fourth-order valence-corrected chi connectivity index (χ4v) is 15.2. The first-order valence-corrected chi connectivity index (χ1v) is 47.5. The Labute approximate surface area is 788 Å². The van der Waals surface area contributed by atoms with Crippen LogP contribution in [0.5, 0.6) is 0 Å². The van der Waals surface area contributed by atoms with Gasteiger partial charge in [-0.1, -0.05) is 58.8 Å². The summed E-state index contributed by atoms with van der Waals surface area (Å²) in [6.45, 7) is 19.5. The molecular weight excluding hydrogens is 1800 g/mol. The molecule has 16 amide bonds. The number of carbonyl (C=O) groups excluding carboxylic acids is 16. The van der Waals surface area contributed by atoms with E-state index in [1.54, 1.807) is 34.7 Å². The summed E-state index contributed by atoms with van der Waals surface area (Å²) >= 11 is 4.19. The van der Waals surface area contributed by atoms with Crippen molar-refractivity contribution in [3.8, 4) is 0 Å². The van der Waals surface area contributed by atoms with Crippen LogP contribution >= 0.6 is 34.2 Å². The first-order valence-electron chi connectivity index (χ1n) is 44.6. The van der Waals surface area contributed by atoms with Gasteiger partial charge in [0, 0.05) is 42.3 Å². The van der Waals surface area contributed by atoms with E-state index in [4.69, 9.17) is 28.1 Å². The maximum atomic E-state index is 14.3. The first kappa shape index (κ1) is 119. The first-order chi connectivity index (χ1) is 62.7. The number of H-pyrrole nitrogens is 1. The zero-order chi connectivity index (χ0) is 100. The van der Waals surface area contributed by atoms with Gasteiger partial charge in [0.25, 0.3) is 0 Å². The molecule has 2 heterocycles. The third-order valence-electron chi connectivity index (χ3n) is 20.6. The molecule has 2 rings (SSSR count). The average Bonchev–Trinajstić information content (AvgIpc) is 0.952. The lowest BCUT2D eigenvalue weighted by Gasteiger charge is -2.27. The summed E-state index contributed by atoms with van der Waals surface area (Å²) in [5, 5.41) is 82.7. The molecule has 0 saturated carbocycles. The lowest BCUT2D eigenvalue weighted by molar-refractivity contribution is -0.991. The number of nitrogens with two attached hydrogens (primary N) is 4. The number of carbonyl (C=O) groups is 18. The Morgan fingerprint density at radius 2 is 0.684 bits per heavy atom. The van der Waals surface area contributed by atoms with Gasteiger partial charge in [-0.3, -0.25) is 81.5 Å². The van der Waals surface area contributed by atoms with Crippen molar-refractivity contribution in [2.75, 3.05) is 44.7 Å². The molecule has 0 fully saturated rings. The number of rotatable bonds is 67. The molecule has 133 heavy (non-hydrogen) atoms. The van der Waals surface area contributed by atoms with Gasteiger partial charge in [0.15, 0.2) is 5.69 Å². The molecule has 750 valence electrons.